The molecule has 0 spiro atoms. The summed E-state index contributed by atoms with van der Waals surface area (Å²) in [6.45, 7) is 1.19. The molecule has 1 saturated carbocycles. The maximum absolute atomic E-state index is 4.90. The maximum atomic E-state index is 4.90. The van der Waals surface area contributed by atoms with E-state index in [4.69, 9.17) is 11.5 Å². The Balaban J connectivity index is 0.000000105. The molecule has 2 heteroatoms. The van der Waals surface area contributed by atoms with Gasteiger partial charge in [0, 0.05) is 13.1 Å². The summed E-state index contributed by atoms with van der Waals surface area (Å²) in [5.74, 6) is 0. The van der Waals surface area contributed by atoms with Gasteiger partial charge in [0.15, 0.2) is 0 Å². The predicted molar refractivity (Wildman–Crippen MR) is 32.0 cm³/mol. The summed E-state index contributed by atoms with van der Waals surface area (Å²) in [7, 11) is 0. The van der Waals surface area contributed by atoms with E-state index < -0.39 is 0 Å². The summed E-state index contributed by atoms with van der Waals surface area (Å²) in [5, 5.41) is 0. The van der Waals surface area contributed by atoms with Crippen LogP contribution in [0.15, 0.2) is 0 Å². The first-order chi connectivity index (χ1) is 3.41. The van der Waals surface area contributed by atoms with E-state index in [1.807, 2.05) is 0 Å². The Labute approximate surface area is 44.9 Å². The third-order valence-corrected chi connectivity index (χ3v) is 0.520. The molecule has 0 aromatic carbocycles. The van der Waals surface area contributed by atoms with Crippen LogP contribution >= 0.6 is 0 Å². The Morgan fingerprint density at radius 1 is 0.857 bits per heavy atom. The van der Waals surface area contributed by atoms with Gasteiger partial charge < -0.3 is 11.5 Å². The maximum Gasteiger partial charge on any atom is 0.00461 e. The number of hydrogen-bond donors (Lipinski definition) is 2. The van der Waals surface area contributed by atoms with Crippen LogP contribution in [0.3, 0.4) is 0 Å². The highest BCUT2D eigenvalue weighted by molar-refractivity contribution is 4.50. The smallest absolute Gasteiger partial charge is 0.00461 e. The molecule has 0 aliphatic heterocycles. The fraction of sp³-hybridized carbons (Fsp3) is 1.00. The van der Waals surface area contributed by atoms with Crippen molar-refractivity contribution in [1.29, 1.82) is 0 Å². The molecule has 2 nitrogen and oxygen atoms in total. The van der Waals surface area contributed by atoms with E-state index in [0.29, 0.717) is 13.1 Å². The Morgan fingerprint density at radius 3 is 1.14 bits per heavy atom. The van der Waals surface area contributed by atoms with E-state index in [2.05, 4.69) is 0 Å². The minimum absolute atomic E-state index is 0.597. The normalized spacial score (nSPS) is 14.6. The quantitative estimate of drug-likeness (QED) is 0.492. The molecular formula is C5H14N2. The fourth-order valence-corrected chi connectivity index (χ4v) is 0. The molecule has 7 heavy (non-hydrogen) atoms. The van der Waals surface area contributed by atoms with Gasteiger partial charge in [0.25, 0.3) is 0 Å². The summed E-state index contributed by atoms with van der Waals surface area (Å²) in [5.41, 5.74) is 9.81. The van der Waals surface area contributed by atoms with Crippen LogP contribution in [0.25, 0.3) is 0 Å². The molecule has 0 bridgehead atoms. The van der Waals surface area contributed by atoms with Crippen molar-refractivity contribution in [1.82, 2.24) is 0 Å². The van der Waals surface area contributed by atoms with Crippen molar-refractivity contribution in [3.63, 3.8) is 0 Å². The standard InChI is InChI=1S/C3H6.C2H8N2/c1-2-3-1;3-1-2-4/h1-3H2;1-4H2. The van der Waals surface area contributed by atoms with Crippen LogP contribution in [-0.4, -0.2) is 13.1 Å². The van der Waals surface area contributed by atoms with E-state index >= 15 is 0 Å². The zero-order valence-electron chi connectivity index (χ0n) is 4.69. The van der Waals surface area contributed by atoms with Gasteiger partial charge in [0.05, 0.1) is 0 Å². The molecule has 0 radical (unpaired) electrons. The van der Waals surface area contributed by atoms with Gasteiger partial charge in [0.1, 0.15) is 0 Å². The second-order valence-corrected chi connectivity index (χ2v) is 1.64. The number of hydrogen-bond acceptors (Lipinski definition) is 2. The zero-order valence-corrected chi connectivity index (χ0v) is 4.69. The van der Waals surface area contributed by atoms with Crippen molar-refractivity contribution in [2.45, 2.75) is 19.3 Å². The van der Waals surface area contributed by atoms with E-state index in [1.165, 1.54) is 19.3 Å². The van der Waals surface area contributed by atoms with Gasteiger partial charge in [-0.1, -0.05) is 19.3 Å². The number of nitrogens with two attached hydrogens (primary N) is 2. The summed E-state index contributed by atoms with van der Waals surface area (Å²) < 4.78 is 0. The largest absolute Gasteiger partial charge is 0.329 e. The highest BCUT2D eigenvalue weighted by Gasteiger charge is 1.95. The molecule has 4 N–H and O–H groups in total. The summed E-state index contributed by atoms with van der Waals surface area (Å²) >= 11 is 0. The van der Waals surface area contributed by atoms with Crippen molar-refractivity contribution in [2.75, 3.05) is 13.1 Å². The lowest BCUT2D eigenvalue weighted by Gasteiger charge is -1.72. The lowest BCUT2D eigenvalue weighted by molar-refractivity contribution is 0.976. The van der Waals surface area contributed by atoms with Crippen molar-refractivity contribution >= 4 is 0 Å². The molecule has 1 aliphatic rings. The van der Waals surface area contributed by atoms with Crippen LogP contribution in [-0.2, 0) is 0 Å². The Hall–Kier alpha value is -0.0800. The van der Waals surface area contributed by atoms with E-state index in [-0.39, 0.29) is 0 Å². The Kier molecular flexibility index (Phi) is 5.85. The van der Waals surface area contributed by atoms with E-state index in [1.54, 1.807) is 0 Å². The molecule has 44 valence electrons. The van der Waals surface area contributed by atoms with E-state index in [0.717, 1.165) is 0 Å². The molecule has 0 amide bonds. The zero-order chi connectivity index (χ0) is 5.54. The van der Waals surface area contributed by atoms with Gasteiger partial charge in [-0.05, 0) is 0 Å². The first kappa shape index (κ1) is 6.92. The van der Waals surface area contributed by atoms with Gasteiger partial charge in [0.2, 0.25) is 0 Å². The molecule has 0 saturated heterocycles. The minimum atomic E-state index is 0.597. The SMILES string of the molecule is C1CC1.NCCN. The van der Waals surface area contributed by atoms with Crippen molar-refractivity contribution in [3.05, 3.63) is 0 Å². The molecule has 1 aliphatic carbocycles. The molecule has 0 aromatic heterocycles. The summed E-state index contributed by atoms with van der Waals surface area (Å²) in [4.78, 5) is 0. The van der Waals surface area contributed by atoms with Crippen LogP contribution < -0.4 is 11.5 Å². The van der Waals surface area contributed by atoms with Crippen molar-refractivity contribution < 1.29 is 0 Å². The summed E-state index contributed by atoms with van der Waals surface area (Å²) in [6.07, 6.45) is 4.50. The first-order valence-corrected chi connectivity index (χ1v) is 2.82. The van der Waals surface area contributed by atoms with Crippen LogP contribution in [0.2, 0.25) is 0 Å². The highest BCUT2D eigenvalue weighted by Crippen LogP contribution is 2.14. The Bertz CT molecular complexity index is 22.5. The van der Waals surface area contributed by atoms with Gasteiger partial charge in [-0.15, -0.1) is 0 Å². The second-order valence-electron chi connectivity index (χ2n) is 1.64. The van der Waals surface area contributed by atoms with Crippen LogP contribution in [0.5, 0.6) is 0 Å². The topological polar surface area (TPSA) is 52.0 Å². The second kappa shape index (κ2) is 5.92. The third kappa shape index (κ3) is 24.7. The molecule has 0 unspecified atom stereocenters. The lowest BCUT2D eigenvalue weighted by atomic mass is 10.7. The predicted octanol–water partition coefficient (Wildman–Crippen LogP) is 0.0741. The van der Waals surface area contributed by atoms with E-state index in [9.17, 15) is 0 Å². The minimum Gasteiger partial charge on any atom is -0.329 e. The first-order valence-electron chi connectivity index (χ1n) is 2.82. The molecule has 0 heterocycles. The molecule has 0 atom stereocenters. The van der Waals surface area contributed by atoms with Gasteiger partial charge in [-0.3, -0.25) is 0 Å². The van der Waals surface area contributed by atoms with Crippen molar-refractivity contribution in [3.8, 4) is 0 Å². The average Bonchev–Trinajstić information content (AvgIpc) is 2.47. The molecular weight excluding hydrogens is 88.1 g/mol. The van der Waals surface area contributed by atoms with Gasteiger partial charge in [-0.2, -0.15) is 0 Å². The van der Waals surface area contributed by atoms with Crippen molar-refractivity contribution in [2.24, 2.45) is 11.5 Å². The monoisotopic (exact) mass is 102 g/mol. The molecule has 1 rings (SSSR count). The van der Waals surface area contributed by atoms with Crippen LogP contribution in [0.1, 0.15) is 19.3 Å². The van der Waals surface area contributed by atoms with Crippen LogP contribution in [0.4, 0.5) is 0 Å². The number of rotatable bonds is 1. The lowest BCUT2D eigenvalue weighted by Crippen LogP contribution is -2.11. The fourth-order valence-electron chi connectivity index (χ4n) is 0. The molecule has 1 fully saturated rings. The third-order valence-electron chi connectivity index (χ3n) is 0.520. The van der Waals surface area contributed by atoms with Gasteiger partial charge >= 0.3 is 0 Å². The Morgan fingerprint density at radius 2 is 1.14 bits per heavy atom. The average molecular weight is 102 g/mol. The summed E-state index contributed by atoms with van der Waals surface area (Å²) in [6, 6.07) is 0. The molecule has 0 aromatic rings. The van der Waals surface area contributed by atoms with Gasteiger partial charge in [-0.25, -0.2) is 0 Å². The highest BCUT2D eigenvalue weighted by atomic mass is 14.6. The van der Waals surface area contributed by atoms with Crippen LogP contribution in [0, 0.1) is 0 Å².